The molecule has 1 aromatic heterocycles. The van der Waals surface area contributed by atoms with Crippen molar-refractivity contribution in [3.05, 3.63) is 30.5 Å². The fourth-order valence-corrected chi connectivity index (χ4v) is 3.40. The molecule has 1 aliphatic heterocycles. The van der Waals surface area contributed by atoms with E-state index >= 15 is 0 Å². The van der Waals surface area contributed by atoms with Crippen molar-refractivity contribution in [2.24, 2.45) is 0 Å². The van der Waals surface area contributed by atoms with Crippen LogP contribution in [0.25, 0.3) is 10.8 Å². The second-order valence-corrected chi connectivity index (χ2v) is 6.00. The number of piperazine rings is 1. The number of aromatic nitrogens is 1. The highest BCUT2D eigenvalue weighted by Gasteiger charge is 2.19. The Labute approximate surface area is 133 Å². The summed E-state index contributed by atoms with van der Waals surface area (Å²) in [5, 5.41) is 3.34. The molecule has 0 N–H and O–H groups in total. The van der Waals surface area contributed by atoms with Gasteiger partial charge in [0.1, 0.15) is 11.6 Å². The highest BCUT2D eigenvalue weighted by atomic mass is 79.9. The topological polar surface area (TPSA) is 28.6 Å². The van der Waals surface area contributed by atoms with Gasteiger partial charge < -0.3 is 9.64 Å². The SMILES string of the molecule is COc1cccc2c(N3CCN(CCBr)CC3)nccc12. The molecule has 0 aliphatic carbocycles. The van der Waals surface area contributed by atoms with Crippen molar-refractivity contribution < 1.29 is 4.74 Å². The van der Waals surface area contributed by atoms with Gasteiger partial charge in [0, 0.05) is 55.0 Å². The molecule has 0 spiro atoms. The van der Waals surface area contributed by atoms with Crippen molar-refractivity contribution in [2.45, 2.75) is 0 Å². The van der Waals surface area contributed by atoms with Crippen molar-refractivity contribution in [1.29, 1.82) is 0 Å². The highest BCUT2D eigenvalue weighted by Crippen LogP contribution is 2.31. The van der Waals surface area contributed by atoms with Crippen LogP contribution in [0.5, 0.6) is 5.75 Å². The van der Waals surface area contributed by atoms with Crippen LogP contribution in [-0.4, -0.2) is 55.0 Å². The number of methoxy groups -OCH3 is 1. The molecule has 0 radical (unpaired) electrons. The molecule has 0 atom stereocenters. The van der Waals surface area contributed by atoms with Crippen LogP contribution in [-0.2, 0) is 0 Å². The number of fused-ring (bicyclic) bond motifs is 1. The molecule has 2 aromatic rings. The molecule has 1 aliphatic rings. The van der Waals surface area contributed by atoms with E-state index in [2.05, 4.69) is 36.8 Å². The number of alkyl halides is 1. The minimum atomic E-state index is 0.911. The van der Waals surface area contributed by atoms with E-state index < -0.39 is 0 Å². The maximum atomic E-state index is 5.46. The standard InChI is InChI=1S/C16H20BrN3O/c1-21-15-4-2-3-14-13(15)5-7-18-16(14)20-11-9-19(8-6-17)10-12-20/h2-5,7H,6,8-12H2,1H3. The predicted molar refractivity (Wildman–Crippen MR) is 90.7 cm³/mol. The summed E-state index contributed by atoms with van der Waals surface area (Å²) in [6, 6.07) is 8.19. The van der Waals surface area contributed by atoms with Crippen LogP contribution in [0.1, 0.15) is 0 Å². The zero-order valence-corrected chi connectivity index (χ0v) is 13.8. The summed E-state index contributed by atoms with van der Waals surface area (Å²) in [5.74, 6) is 1.99. The molecule has 4 nitrogen and oxygen atoms in total. The molecule has 0 unspecified atom stereocenters. The molecule has 112 valence electrons. The zero-order valence-electron chi connectivity index (χ0n) is 12.3. The Morgan fingerprint density at radius 2 is 1.95 bits per heavy atom. The number of nitrogens with zero attached hydrogens (tertiary/aromatic N) is 3. The van der Waals surface area contributed by atoms with Gasteiger partial charge in [-0.1, -0.05) is 28.1 Å². The number of halogens is 1. The van der Waals surface area contributed by atoms with Gasteiger partial charge in [-0.3, -0.25) is 4.90 Å². The lowest BCUT2D eigenvalue weighted by Crippen LogP contribution is -2.47. The van der Waals surface area contributed by atoms with Gasteiger partial charge >= 0.3 is 0 Å². The van der Waals surface area contributed by atoms with Crippen molar-refractivity contribution in [3.8, 4) is 5.75 Å². The average molecular weight is 350 g/mol. The van der Waals surface area contributed by atoms with Gasteiger partial charge in [0.25, 0.3) is 0 Å². The van der Waals surface area contributed by atoms with Crippen LogP contribution >= 0.6 is 15.9 Å². The summed E-state index contributed by atoms with van der Waals surface area (Å²) in [5.41, 5.74) is 0. The van der Waals surface area contributed by atoms with Crippen LogP contribution < -0.4 is 9.64 Å². The first-order valence-corrected chi connectivity index (χ1v) is 8.40. The van der Waals surface area contributed by atoms with Crippen molar-refractivity contribution in [1.82, 2.24) is 9.88 Å². The Hall–Kier alpha value is -1.33. The Kier molecular flexibility index (Phi) is 4.60. The van der Waals surface area contributed by atoms with Gasteiger partial charge in [-0.25, -0.2) is 4.98 Å². The van der Waals surface area contributed by atoms with E-state index in [4.69, 9.17) is 4.74 Å². The second kappa shape index (κ2) is 6.62. The molecule has 5 heteroatoms. The number of anilines is 1. The van der Waals surface area contributed by atoms with E-state index in [1.807, 2.05) is 24.4 Å². The second-order valence-electron chi connectivity index (χ2n) is 5.21. The summed E-state index contributed by atoms with van der Waals surface area (Å²) >= 11 is 3.51. The number of rotatable bonds is 4. The van der Waals surface area contributed by atoms with Crippen LogP contribution in [0.4, 0.5) is 5.82 Å². The van der Waals surface area contributed by atoms with Crippen LogP contribution in [0, 0.1) is 0 Å². The molecule has 21 heavy (non-hydrogen) atoms. The Morgan fingerprint density at radius 3 is 2.67 bits per heavy atom. The van der Waals surface area contributed by atoms with Crippen LogP contribution in [0.15, 0.2) is 30.5 Å². The van der Waals surface area contributed by atoms with Crippen LogP contribution in [0.3, 0.4) is 0 Å². The van der Waals surface area contributed by atoms with Crippen molar-refractivity contribution in [3.63, 3.8) is 0 Å². The zero-order chi connectivity index (χ0) is 14.7. The number of hydrogen-bond acceptors (Lipinski definition) is 4. The predicted octanol–water partition coefficient (Wildman–Crippen LogP) is 2.76. The normalized spacial score (nSPS) is 16.4. The molecule has 1 fully saturated rings. The van der Waals surface area contributed by atoms with Gasteiger partial charge in [0.05, 0.1) is 7.11 Å². The van der Waals surface area contributed by atoms with E-state index in [0.29, 0.717) is 0 Å². The molecule has 2 heterocycles. The van der Waals surface area contributed by atoms with Crippen LogP contribution in [0.2, 0.25) is 0 Å². The Morgan fingerprint density at radius 1 is 1.14 bits per heavy atom. The average Bonchev–Trinajstić information content (AvgIpc) is 2.55. The Bertz CT molecular complexity index is 611. The molecule has 1 aromatic carbocycles. The summed E-state index contributed by atoms with van der Waals surface area (Å²) in [4.78, 5) is 9.48. The summed E-state index contributed by atoms with van der Waals surface area (Å²) in [6.45, 7) is 5.35. The number of hydrogen-bond donors (Lipinski definition) is 0. The molecular weight excluding hydrogens is 330 g/mol. The maximum Gasteiger partial charge on any atom is 0.136 e. The minimum absolute atomic E-state index is 0.911. The van der Waals surface area contributed by atoms with Gasteiger partial charge in [0.2, 0.25) is 0 Å². The van der Waals surface area contributed by atoms with Crippen molar-refractivity contribution in [2.75, 3.05) is 50.1 Å². The fourth-order valence-electron chi connectivity index (χ4n) is 2.90. The summed E-state index contributed by atoms with van der Waals surface area (Å²) < 4.78 is 5.46. The van der Waals surface area contributed by atoms with Gasteiger partial charge in [-0.15, -0.1) is 0 Å². The smallest absolute Gasteiger partial charge is 0.136 e. The van der Waals surface area contributed by atoms with E-state index in [0.717, 1.165) is 55.0 Å². The van der Waals surface area contributed by atoms with Gasteiger partial charge in [-0.2, -0.15) is 0 Å². The third-order valence-corrected chi connectivity index (χ3v) is 4.39. The van der Waals surface area contributed by atoms with Gasteiger partial charge in [0.15, 0.2) is 0 Å². The molecular formula is C16H20BrN3O. The minimum Gasteiger partial charge on any atom is -0.496 e. The lowest BCUT2D eigenvalue weighted by atomic mass is 10.1. The fraction of sp³-hybridized carbons (Fsp3) is 0.438. The number of pyridine rings is 1. The molecule has 3 rings (SSSR count). The third kappa shape index (κ3) is 2.99. The molecule has 0 saturated carbocycles. The lowest BCUT2D eigenvalue weighted by molar-refractivity contribution is 0.273. The largest absolute Gasteiger partial charge is 0.496 e. The lowest BCUT2D eigenvalue weighted by Gasteiger charge is -2.35. The third-order valence-electron chi connectivity index (χ3n) is 4.04. The van der Waals surface area contributed by atoms with E-state index in [-0.39, 0.29) is 0 Å². The quantitative estimate of drug-likeness (QED) is 0.793. The number of benzene rings is 1. The summed E-state index contributed by atoms with van der Waals surface area (Å²) in [6.07, 6.45) is 1.88. The first-order chi connectivity index (χ1) is 10.3. The molecule has 1 saturated heterocycles. The molecule has 0 bridgehead atoms. The van der Waals surface area contributed by atoms with Gasteiger partial charge in [-0.05, 0) is 12.1 Å². The summed E-state index contributed by atoms with van der Waals surface area (Å²) in [7, 11) is 1.72. The monoisotopic (exact) mass is 349 g/mol. The molecule has 0 amide bonds. The maximum absolute atomic E-state index is 5.46. The Balaban J connectivity index is 1.88. The first-order valence-electron chi connectivity index (χ1n) is 7.28. The highest BCUT2D eigenvalue weighted by molar-refractivity contribution is 9.09. The van der Waals surface area contributed by atoms with E-state index in [9.17, 15) is 0 Å². The van der Waals surface area contributed by atoms with Crippen molar-refractivity contribution >= 4 is 32.5 Å². The van der Waals surface area contributed by atoms with E-state index in [1.54, 1.807) is 7.11 Å². The van der Waals surface area contributed by atoms with E-state index in [1.165, 1.54) is 5.39 Å². The first kappa shape index (κ1) is 14.6. The number of ether oxygens (including phenoxy) is 1.